The standard InChI is InChI=1S/C28H32N2O4/c29-17-23-8-6-21(7-9-23)5-2-14-34-20-24-4-1-3-22(15-24)12-13-30-18-28(33)25-10-11-27(32)26(16-25)19-31/h1,3-4,6-11,15-16,28,30-33H,2,5,12-14,18-20H2/t28-/m0/s1. The van der Waals surface area contributed by atoms with Gasteiger partial charge >= 0.3 is 0 Å². The fraction of sp³-hybridized carbons (Fsp3) is 0.321. The van der Waals surface area contributed by atoms with Gasteiger partial charge < -0.3 is 25.4 Å². The lowest BCUT2D eigenvalue weighted by atomic mass is 10.0. The Labute approximate surface area is 201 Å². The number of rotatable bonds is 13. The van der Waals surface area contributed by atoms with Gasteiger partial charge in [-0.15, -0.1) is 0 Å². The van der Waals surface area contributed by atoms with Gasteiger partial charge in [0.15, 0.2) is 0 Å². The molecule has 0 aliphatic rings. The Morgan fingerprint density at radius 2 is 1.74 bits per heavy atom. The number of nitrogens with one attached hydrogen (secondary N) is 1. The van der Waals surface area contributed by atoms with Gasteiger partial charge in [0.2, 0.25) is 0 Å². The number of nitrogens with zero attached hydrogens (tertiary/aromatic N) is 1. The molecule has 6 nitrogen and oxygen atoms in total. The molecule has 0 bridgehead atoms. The fourth-order valence-corrected chi connectivity index (χ4v) is 3.72. The van der Waals surface area contributed by atoms with Crippen LogP contribution in [0.15, 0.2) is 66.7 Å². The number of phenols is 1. The molecular weight excluding hydrogens is 428 g/mol. The second-order valence-electron chi connectivity index (χ2n) is 8.30. The van der Waals surface area contributed by atoms with E-state index in [9.17, 15) is 15.3 Å². The van der Waals surface area contributed by atoms with Crippen LogP contribution in [0.25, 0.3) is 0 Å². The van der Waals surface area contributed by atoms with E-state index in [1.165, 1.54) is 17.2 Å². The van der Waals surface area contributed by atoms with E-state index in [4.69, 9.17) is 10.00 Å². The fourth-order valence-electron chi connectivity index (χ4n) is 3.72. The summed E-state index contributed by atoms with van der Waals surface area (Å²) in [6.07, 6.45) is 1.97. The summed E-state index contributed by atoms with van der Waals surface area (Å²) in [6.45, 7) is 2.09. The van der Waals surface area contributed by atoms with Crippen molar-refractivity contribution in [3.05, 3.63) is 100 Å². The highest BCUT2D eigenvalue weighted by atomic mass is 16.5. The van der Waals surface area contributed by atoms with Crippen LogP contribution in [-0.2, 0) is 30.8 Å². The quantitative estimate of drug-likeness (QED) is 0.289. The Kier molecular flexibility index (Phi) is 10.1. The van der Waals surface area contributed by atoms with Crippen LogP contribution in [0.3, 0.4) is 0 Å². The predicted molar refractivity (Wildman–Crippen MR) is 131 cm³/mol. The van der Waals surface area contributed by atoms with Crippen molar-refractivity contribution in [2.75, 3.05) is 19.7 Å². The van der Waals surface area contributed by atoms with E-state index in [0.29, 0.717) is 36.4 Å². The first-order chi connectivity index (χ1) is 16.6. The number of hydrogen-bond donors (Lipinski definition) is 4. The van der Waals surface area contributed by atoms with Crippen LogP contribution in [0.1, 0.15) is 45.9 Å². The van der Waals surface area contributed by atoms with Gasteiger partial charge in [0, 0.05) is 18.7 Å². The number of nitriles is 1. The molecule has 0 spiro atoms. The molecule has 3 aromatic rings. The zero-order valence-corrected chi connectivity index (χ0v) is 19.3. The molecule has 1 atom stereocenters. The molecule has 0 aromatic heterocycles. The van der Waals surface area contributed by atoms with Crippen LogP contribution in [0.2, 0.25) is 0 Å². The number of aryl methyl sites for hydroxylation is 1. The molecule has 0 aliphatic carbocycles. The highest BCUT2D eigenvalue weighted by Crippen LogP contribution is 2.22. The number of benzene rings is 3. The molecule has 34 heavy (non-hydrogen) atoms. The normalized spacial score (nSPS) is 11.8. The van der Waals surface area contributed by atoms with E-state index in [2.05, 4.69) is 29.6 Å². The van der Waals surface area contributed by atoms with Crippen molar-refractivity contribution < 1.29 is 20.1 Å². The molecule has 6 heteroatoms. The van der Waals surface area contributed by atoms with Crippen LogP contribution < -0.4 is 5.32 Å². The molecule has 0 saturated carbocycles. The molecule has 178 valence electrons. The zero-order valence-electron chi connectivity index (χ0n) is 19.3. The average Bonchev–Trinajstić information content (AvgIpc) is 2.87. The highest BCUT2D eigenvalue weighted by molar-refractivity contribution is 5.36. The van der Waals surface area contributed by atoms with E-state index in [1.54, 1.807) is 12.1 Å². The van der Waals surface area contributed by atoms with Gasteiger partial charge in [-0.05, 0) is 72.3 Å². The maximum atomic E-state index is 10.4. The SMILES string of the molecule is N#Cc1ccc(CCCOCc2cccc(CCNC[C@H](O)c3ccc(O)c(CO)c3)c2)cc1. The molecule has 0 saturated heterocycles. The largest absolute Gasteiger partial charge is 0.508 e. The van der Waals surface area contributed by atoms with Crippen molar-refractivity contribution in [3.63, 3.8) is 0 Å². The summed E-state index contributed by atoms with van der Waals surface area (Å²) in [7, 11) is 0. The zero-order chi connectivity index (χ0) is 24.2. The number of hydrogen-bond acceptors (Lipinski definition) is 6. The third-order valence-electron chi connectivity index (χ3n) is 5.68. The van der Waals surface area contributed by atoms with Crippen LogP contribution >= 0.6 is 0 Å². The number of aliphatic hydroxyl groups is 2. The lowest BCUT2D eigenvalue weighted by Crippen LogP contribution is -2.23. The average molecular weight is 461 g/mol. The second-order valence-corrected chi connectivity index (χ2v) is 8.30. The molecule has 0 amide bonds. The molecule has 3 rings (SSSR count). The Balaban J connectivity index is 1.34. The van der Waals surface area contributed by atoms with Gasteiger partial charge in [-0.1, -0.05) is 42.5 Å². The summed E-state index contributed by atoms with van der Waals surface area (Å²) < 4.78 is 5.84. The topological polar surface area (TPSA) is 106 Å². The summed E-state index contributed by atoms with van der Waals surface area (Å²) in [5.41, 5.74) is 5.30. The van der Waals surface area contributed by atoms with Crippen LogP contribution in [0.5, 0.6) is 5.75 Å². The summed E-state index contributed by atoms with van der Waals surface area (Å²) in [5.74, 6) is 0.0292. The van der Waals surface area contributed by atoms with Gasteiger partial charge in [-0.3, -0.25) is 0 Å². The number of ether oxygens (including phenoxy) is 1. The Hall–Kier alpha value is -3.21. The minimum atomic E-state index is -0.713. The molecule has 0 radical (unpaired) electrons. The Morgan fingerprint density at radius 1 is 0.941 bits per heavy atom. The Morgan fingerprint density at radius 3 is 2.50 bits per heavy atom. The van der Waals surface area contributed by atoms with E-state index in [1.807, 2.05) is 30.3 Å². The van der Waals surface area contributed by atoms with Crippen molar-refractivity contribution in [2.24, 2.45) is 0 Å². The van der Waals surface area contributed by atoms with E-state index >= 15 is 0 Å². The first-order valence-electron chi connectivity index (χ1n) is 11.5. The molecule has 4 N–H and O–H groups in total. The van der Waals surface area contributed by atoms with Gasteiger partial charge in [-0.25, -0.2) is 0 Å². The van der Waals surface area contributed by atoms with Crippen molar-refractivity contribution >= 4 is 0 Å². The van der Waals surface area contributed by atoms with Crippen molar-refractivity contribution in [3.8, 4) is 11.8 Å². The third-order valence-corrected chi connectivity index (χ3v) is 5.68. The summed E-state index contributed by atoms with van der Waals surface area (Å²) in [4.78, 5) is 0. The van der Waals surface area contributed by atoms with Crippen molar-refractivity contribution in [1.82, 2.24) is 5.32 Å². The molecular formula is C28H32N2O4. The molecule has 0 heterocycles. The van der Waals surface area contributed by atoms with Crippen LogP contribution in [0.4, 0.5) is 0 Å². The summed E-state index contributed by atoms with van der Waals surface area (Å²) >= 11 is 0. The maximum Gasteiger partial charge on any atom is 0.121 e. The smallest absolute Gasteiger partial charge is 0.121 e. The lowest BCUT2D eigenvalue weighted by molar-refractivity contribution is 0.118. The third kappa shape index (κ3) is 7.98. The Bertz CT molecular complexity index is 1080. The predicted octanol–water partition coefficient (Wildman–Crippen LogP) is 3.77. The summed E-state index contributed by atoms with van der Waals surface area (Å²) in [6, 6.07) is 22.9. The molecule has 3 aromatic carbocycles. The second kappa shape index (κ2) is 13.5. The maximum absolute atomic E-state index is 10.4. The minimum absolute atomic E-state index is 0.0292. The molecule has 0 fully saturated rings. The van der Waals surface area contributed by atoms with Gasteiger partial charge in [-0.2, -0.15) is 5.26 Å². The minimum Gasteiger partial charge on any atom is -0.508 e. The van der Waals surface area contributed by atoms with Crippen molar-refractivity contribution in [1.29, 1.82) is 5.26 Å². The number of aromatic hydroxyl groups is 1. The lowest BCUT2D eigenvalue weighted by Gasteiger charge is -2.14. The first-order valence-corrected chi connectivity index (χ1v) is 11.5. The molecule has 0 aliphatic heterocycles. The van der Waals surface area contributed by atoms with Crippen molar-refractivity contribution in [2.45, 2.75) is 38.6 Å². The van der Waals surface area contributed by atoms with Gasteiger partial charge in [0.1, 0.15) is 5.75 Å². The van der Waals surface area contributed by atoms with E-state index < -0.39 is 6.10 Å². The van der Waals surface area contributed by atoms with Crippen LogP contribution in [0, 0.1) is 11.3 Å². The van der Waals surface area contributed by atoms with Gasteiger partial charge in [0.25, 0.3) is 0 Å². The molecule has 0 unspecified atom stereocenters. The monoisotopic (exact) mass is 460 g/mol. The van der Waals surface area contributed by atoms with E-state index in [0.717, 1.165) is 31.4 Å². The highest BCUT2D eigenvalue weighted by Gasteiger charge is 2.10. The van der Waals surface area contributed by atoms with Crippen LogP contribution in [-0.4, -0.2) is 35.0 Å². The van der Waals surface area contributed by atoms with Gasteiger partial charge in [0.05, 0.1) is 31.0 Å². The van der Waals surface area contributed by atoms with E-state index in [-0.39, 0.29) is 12.4 Å². The first kappa shape index (κ1) is 25.4. The summed E-state index contributed by atoms with van der Waals surface area (Å²) in [5, 5.41) is 41.4. The number of aliphatic hydroxyl groups excluding tert-OH is 2.